The lowest BCUT2D eigenvalue weighted by molar-refractivity contribution is 0.305. The zero-order chi connectivity index (χ0) is 15.3. The minimum atomic E-state index is 0.157. The van der Waals surface area contributed by atoms with E-state index >= 15 is 0 Å². The standard InChI is InChI=1S/C16H31N3S/c1-12(2)8-13(11-19(6)7)17-9-14-10-18-15(20-14)16(3,4)5/h10,12-13,17H,8-9,11H2,1-7H3/t13-/m1/s1. The fraction of sp³-hybridized carbons (Fsp3) is 0.812. The molecule has 116 valence electrons. The summed E-state index contributed by atoms with van der Waals surface area (Å²) in [5, 5.41) is 4.92. The largest absolute Gasteiger partial charge is 0.308 e. The van der Waals surface area contributed by atoms with Gasteiger partial charge in [-0.2, -0.15) is 0 Å². The molecule has 1 heterocycles. The van der Waals surface area contributed by atoms with Crippen LogP contribution in [0.2, 0.25) is 0 Å². The molecule has 1 rings (SSSR count). The molecule has 0 saturated heterocycles. The molecule has 4 heteroatoms. The van der Waals surface area contributed by atoms with E-state index in [-0.39, 0.29) is 5.41 Å². The fourth-order valence-corrected chi connectivity index (χ4v) is 3.13. The monoisotopic (exact) mass is 297 g/mol. The molecule has 1 aromatic heterocycles. The van der Waals surface area contributed by atoms with Crippen molar-refractivity contribution in [2.75, 3.05) is 20.6 Å². The van der Waals surface area contributed by atoms with E-state index in [1.165, 1.54) is 16.3 Å². The molecular weight excluding hydrogens is 266 g/mol. The zero-order valence-corrected chi connectivity index (χ0v) is 15.0. The van der Waals surface area contributed by atoms with E-state index in [9.17, 15) is 0 Å². The molecule has 0 bridgehead atoms. The maximum atomic E-state index is 4.56. The summed E-state index contributed by atoms with van der Waals surface area (Å²) in [5.74, 6) is 0.721. The van der Waals surface area contributed by atoms with Gasteiger partial charge in [0, 0.05) is 35.6 Å². The third-order valence-corrected chi connectivity index (χ3v) is 4.52. The van der Waals surface area contributed by atoms with Crippen molar-refractivity contribution in [3.8, 4) is 0 Å². The average Bonchev–Trinajstić information content (AvgIpc) is 2.72. The molecule has 1 atom stereocenters. The second-order valence-electron chi connectivity index (χ2n) is 7.35. The Balaban J connectivity index is 2.56. The summed E-state index contributed by atoms with van der Waals surface area (Å²) >= 11 is 1.83. The number of hydrogen-bond acceptors (Lipinski definition) is 4. The first kappa shape index (κ1) is 17.6. The molecule has 0 saturated carbocycles. The highest BCUT2D eigenvalue weighted by molar-refractivity contribution is 7.11. The topological polar surface area (TPSA) is 28.2 Å². The highest BCUT2D eigenvalue weighted by atomic mass is 32.1. The quantitative estimate of drug-likeness (QED) is 0.835. The van der Waals surface area contributed by atoms with E-state index in [2.05, 4.69) is 63.9 Å². The van der Waals surface area contributed by atoms with Crippen LogP contribution in [0, 0.1) is 5.92 Å². The fourth-order valence-electron chi connectivity index (χ4n) is 2.21. The van der Waals surface area contributed by atoms with Crippen molar-refractivity contribution >= 4 is 11.3 Å². The van der Waals surface area contributed by atoms with E-state index in [0.717, 1.165) is 19.0 Å². The molecule has 0 spiro atoms. The molecule has 20 heavy (non-hydrogen) atoms. The predicted molar refractivity (Wildman–Crippen MR) is 89.5 cm³/mol. The van der Waals surface area contributed by atoms with Gasteiger partial charge in [-0.1, -0.05) is 34.6 Å². The van der Waals surface area contributed by atoms with Gasteiger partial charge in [0.05, 0.1) is 5.01 Å². The van der Waals surface area contributed by atoms with Gasteiger partial charge in [-0.25, -0.2) is 4.98 Å². The Labute approximate surface area is 128 Å². The lowest BCUT2D eigenvalue weighted by atomic mass is 9.98. The Kier molecular flexibility index (Phi) is 6.62. The molecule has 0 aliphatic rings. The Morgan fingerprint density at radius 2 is 1.95 bits per heavy atom. The Morgan fingerprint density at radius 1 is 1.30 bits per heavy atom. The first-order valence-electron chi connectivity index (χ1n) is 7.51. The van der Waals surface area contributed by atoms with Gasteiger partial charge < -0.3 is 10.2 Å². The number of thiazole rings is 1. The number of nitrogens with zero attached hydrogens (tertiary/aromatic N) is 2. The minimum absolute atomic E-state index is 0.157. The van der Waals surface area contributed by atoms with Crippen molar-refractivity contribution in [3.05, 3.63) is 16.1 Å². The van der Waals surface area contributed by atoms with Gasteiger partial charge in [0.25, 0.3) is 0 Å². The maximum absolute atomic E-state index is 4.56. The third-order valence-electron chi connectivity index (χ3n) is 3.10. The SMILES string of the molecule is CC(C)C[C@H](CN(C)C)NCc1cnc(C(C)(C)C)s1. The van der Waals surface area contributed by atoms with Crippen LogP contribution in [-0.2, 0) is 12.0 Å². The van der Waals surface area contributed by atoms with Gasteiger partial charge in [0.15, 0.2) is 0 Å². The highest BCUT2D eigenvalue weighted by Gasteiger charge is 2.18. The minimum Gasteiger partial charge on any atom is -0.308 e. The Hall–Kier alpha value is -0.450. The van der Waals surface area contributed by atoms with Crippen molar-refractivity contribution in [2.45, 2.75) is 59.0 Å². The van der Waals surface area contributed by atoms with Crippen molar-refractivity contribution in [1.82, 2.24) is 15.2 Å². The highest BCUT2D eigenvalue weighted by Crippen LogP contribution is 2.26. The summed E-state index contributed by atoms with van der Waals surface area (Å²) in [4.78, 5) is 8.15. The van der Waals surface area contributed by atoms with Crippen LogP contribution in [0.4, 0.5) is 0 Å². The predicted octanol–water partition coefficient (Wildman–Crippen LogP) is 3.51. The normalized spacial score (nSPS) is 14.2. The number of hydrogen-bond donors (Lipinski definition) is 1. The van der Waals surface area contributed by atoms with Crippen LogP contribution < -0.4 is 5.32 Å². The van der Waals surface area contributed by atoms with Crippen LogP contribution >= 0.6 is 11.3 Å². The van der Waals surface area contributed by atoms with E-state index in [4.69, 9.17) is 0 Å². The summed E-state index contributed by atoms with van der Waals surface area (Å²) in [7, 11) is 4.28. The molecule has 0 radical (unpaired) electrons. The first-order valence-corrected chi connectivity index (χ1v) is 8.33. The summed E-state index contributed by atoms with van der Waals surface area (Å²) in [5.41, 5.74) is 0.157. The summed E-state index contributed by atoms with van der Waals surface area (Å²) in [6.07, 6.45) is 3.24. The maximum Gasteiger partial charge on any atom is 0.0981 e. The molecular formula is C16H31N3S. The van der Waals surface area contributed by atoms with Gasteiger partial charge in [0.1, 0.15) is 0 Å². The molecule has 0 aliphatic carbocycles. The van der Waals surface area contributed by atoms with E-state index in [0.29, 0.717) is 6.04 Å². The van der Waals surface area contributed by atoms with Crippen LogP contribution in [-0.4, -0.2) is 36.6 Å². The smallest absolute Gasteiger partial charge is 0.0981 e. The second kappa shape index (κ2) is 7.53. The van der Waals surface area contributed by atoms with Crippen LogP contribution in [0.3, 0.4) is 0 Å². The van der Waals surface area contributed by atoms with Crippen LogP contribution in [0.1, 0.15) is 50.9 Å². The summed E-state index contributed by atoms with van der Waals surface area (Å²) in [6, 6.07) is 0.546. The second-order valence-corrected chi connectivity index (χ2v) is 8.47. The zero-order valence-electron chi connectivity index (χ0n) is 14.2. The molecule has 1 aromatic rings. The molecule has 0 amide bonds. The van der Waals surface area contributed by atoms with E-state index in [1.807, 2.05) is 17.5 Å². The molecule has 0 aromatic carbocycles. The van der Waals surface area contributed by atoms with Gasteiger partial charge in [-0.15, -0.1) is 11.3 Å². The molecule has 0 fully saturated rings. The van der Waals surface area contributed by atoms with Gasteiger partial charge >= 0.3 is 0 Å². The third kappa shape index (κ3) is 6.33. The first-order chi connectivity index (χ1) is 9.18. The molecule has 3 nitrogen and oxygen atoms in total. The summed E-state index contributed by atoms with van der Waals surface area (Å²) in [6.45, 7) is 13.2. The van der Waals surface area contributed by atoms with Gasteiger partial charge in [-0.3, -0.25) is 0 Å². The number of nitrogens with one attached hydrogen (secondary N) is 1. The van der Waals surface area contributed by atoms with Crippen molar-refractivity contribution in [3.63, 3.8) is 0 Å². The van der Waals surface area contributed by atoms with Crippen molar-refractivity contribution < 1.29 is 0 Å². The number of likely N-dealkylation sites (N-methyl/N-ethyl adjacent to an activating group) is 1. The Bertz CT molecular complexity index is 381. The van der Waals surface area contributed by atoms with E-state index < -0.39 is 0 Å². The Morgan fingerprint density at radius 3 is 2.40 bits per heavy atom. The van der Waals surface area contributed by atoms with Crippen molar-refractivity contribution in [1.29, 1.82) is 0 Å². The lowest BCUT2D eigenvalue weighted by Gasteiger charge is -2.23. The number of rotatable bonds is 7. The molecule has 0 aliphatic heterocycles. The van der Waals surface area contributed by atoms with Gasteiger partial charge in [-0.05, 0) is 26.4 Å². The number of aromatic nitrogens is 1. The van der Waals surface area contributed by atoms with Crippen LogP contribution in [0.25, 0.3) is 0 Å². The molecule has 1 N–H and O–H groups in total. The molecule has 0 unspecified atom stereocenters. The van der Waals surface area contributed by atoms with Crippen molar-refractivity contribution in [2.24, 2.45) is 5.92 Å². The van der Waals surface area contributed by atoms with Gasteiger partial charge in [0.2, 0.25) is 0 Å². The lowest BCUT2D eigenvalue weighted by Crippen LogP contribution is -2.38. The van der Waals surface area contributed by atoms with Crippen LogP contribution in [0.5, 0.6) is 0 Å². The average molecular weight is 298 g/mol. The van der Waals surface area contributed by atoms with E-state index in [1.54, 1.807) is 0 Å². The van der Waals surface area contributed by atoms with Crippen LogP contribution in [0.15, 0.2) is 6.20 Å². The summed E-state index contributed by atoms with van der Waals surface area (Å²) < 4.78 is 0.